The minimum absolute atomic E-state index is 0.0310. The number of nitrogens with zero attached hydrogens (tertiary/aromatic N) is 1. The molecule has 1 saturated heterocycles. The van der Waals surface area contributed by atoms with Crippen molar-refractivity contribution in [3.63, 3.8) is 0 Å². The van der Waals surface area contributed by atoms with Gasteiger partial charge in [0.25, 0.3) is 9.84 Å². The van der Waals surface area contributed by atoms with E-state index in [0.717, 1.165) is 18.9 Å². The standard InChI is InChI=1S/C19H25F3N2O3S/c20-19(21,22)28(26,27)17-8-4-3-7-16(17)24-11-9-15(10-12-24)23-18(25)13-14-5-1-2-6-14/h3-4,7-8,14-15H,1-2,5-6,9-13H2,(H,23,25). The molecule has 2 fully saturated rings. The number of benzene rings is 1. The second-order valence-electron chi connectivity index (χ2n) is 7.60. The molecule has 3 rings (SSSR count). The fraction of sp³-hybridized carbons (Fsp3) is 0.632. The van der Waals surface area contributed by atoms with Crippen molar-refractivity contribution in [1.29, 1.82) is 0 Å². The Morgan fingerprint density at radius 1 is 1.07 bits per heavy atom. The smallest absolute Gasteiger partial charge is 0.370 e. The Kier molecular flexibility index (Phi) is 6.21. The molecule has 5 nitrogen and oxygen atoms in total. The monoisotopic (exact) mass is 418 g/mol. The minimum atomic E-state index is -5.41. The number of hydrogen-bond donors (Lipinski definition) is 1. The lowest BCUT2D eigenvalue weighted by atomic mass is 10.0. The molecule has 156 valence electrons. The van der Waals surface area contributed by atoms with E-state index in [9.17, 15) is 26.4 Å². The van der Waals surface area contributed by atoms with Crippen molar-refractivity contribution in [1.82, 2.24) is 5.32 Å². The van der Waals surface area contributed by atoms with Crippen molar-refractivity contribution in [2.75, 3.05) is 18.0 Å². The van der Waals surface area contributed by atoms with Crippen LogP contribution in [0.3, 0.4) is 0 Å². The fourth-order valence-electron chi connectivity index (χ4n) is 4.10. The summed E-state index contributed by atoms with van der Waals surface area (Å²) in [7, 11) is -5.41. The van der Waals surface area contributed by atoms with Gasteiger partial charge in [-0.15, -0.1) is 0 Å². The first kappa shape index (κ1) is 21.0. The summed E-state index contributed by atoms with van der Waals surface area (Å²) in [5.41, 5.74) is -5.27. The summed E-state index contributed by atoms with van der Waals surface area (Å²) >= 11 is 0. The molecule has 28 heavy (non-hydrogen) atoms. The summed E-state index contributed by atoms with van der Waals surface area (Å²) in [6.07, 6.45) is 6.21. The summed E-state index contributed by atoms with van der Waals surface area (Å²) in [5, 5.41) is 3.02. The third-order valence-electron chi connectivity index (χ3n) is 5.61. The van der Waals surface area contributed by atoms with Crippen LogP contribution in [0.25, 0.3) is 0 Å². The van der Waals surface area contributed by atoms with Crippen LogP contribution in [-0.4, -0.2) is 39.0 Å². The van der Waals surface area contributed by atoms with Crippen LogP contribution in [-0.2, 0) is 14.6 Å². The molecular formula is C19H25F3N2O3S. The van der Waals surface area contributed by atoms with Gasteiger partial charge in [0.1, 0.15) is 0 Å². The highest BCUT2D eigenvalue weighted by molar-refractivity contribution is 7.92. The number of rotatable bonds is 5. The van der Waals surface area contributed by atoms with Gasteiger partial charge in [-0.2, -0.15) is 13.2 Å². The second-order valence-corrected chi connectivity index (χ2v) is 9.51. The summed E-state index contributed by atoms with van der Waals surface area (Å²) in [5.74, 6) is 0.491. The number of carbonyl (C=O) groups excluding carboxylic acids is 1. The highest BCUT2D eigenvalue weighted by atomic mass is 32.2. The predicted molar refractivity (Wildman–Crippen MR) is 99.6 cm³/mol. The Hall–Kier alpha value is -1.77. The van der Waals surface area contributed by atoms with Crippen LogP contribution in [0.4, 0.5) is 18.9 Å². The number of carbonyl (C=O) groups is 1. The highest BCUT2D eigenvalue weighted by Crippen LogP contribution is 2.36. The van der Waals surface area contributed by atoms with Gasteiger partial charge in [-0.1, -0.05) is 25.0 Å². The van der Waals surface area contributed by atoms with Gasteiger partial charge >= 0.3 is 5.51 Å². The third kappa shape index (κ3) is 4.61. The van der Waals surface area contributed by atoms with Crippen LogP contribution >= 0.6 is 0 Å². The normalized spacial score (nSPS) is 19.8. The molecule has 1 aromatic carbocycles. The zero-order chi connectivity index (χ0) is 20.4. The zero-order valence-corrected chi connectivity index (χ0v) is 16.4. The molecule has 0 unspecified atom stereocenters. The first-order valence-corrected chi connectivity index (χ1v) is 11.1. The van der Waals surface area contributed by atoms with E-state index in [4.69, 9.17) is 0 Å². The van der Waals surface area contributed by atoms with E-state index in [1.807, 2.05) is 0 Å². The number of piperidine rings is 1. The second kappa shape index (κ2) is 8.31. The SMILES string of the molecule is O=C(CC1CCCC1)NC1CCN(c2ccccc2S(=O)(=O)C(F)(F)F)CC1. The van der Waals surface area contributed by atoms with Gasteiger partial charge in [0.05, 0.1) is 10.6 Å². The van der Waals surface area contributed by atoms with Crippen molar-refractivity contribution in [2.24, 2.45) is 5.92 Å². The Bertz CT molecular complexity index is 797. The van der Waals surface area contributed by atoms with E-state index in [1.165, 1.54) is 31.0 Å². The predicted octanol–water partition coefficient (Wildman–Crippen LogP) is 3.65. The molecule has 1 aromatic rings. The highest BCUT2D eigenvalue weighted by Gasteiger charge is 2.48. The quantitative estimate of drug-likeness (QED) is 0.793. The number of nitrogens with one attached hydrogen (secondary N) is 1. The molecule has 0 aromatic heterocycles. The van der Waals surface area contributed by atoms with Gasteiger partial charge in [-0.25, -0.2) is 8.42 Å². The Morgan fingerprint density at radius 3 is 2.29 bits per heavy atom. The van der Waals surface area contributed by atoms with Crippen LogP contribution in [0.1, 0.15) is 44.9 Å². The van der Waals surface area contributed by atoms with E-state index in [-0.39, 0.29) is 17.6 Å². The molecule has 1 heterocycles. The number of hydrogen-bond acceptors (Lipinski definition) is 4. The molecule has 1 amide bonds. The van der Waals surface area contributed by atoms with Crippen LogP contribution in [0.2, 0.25) is 0 Å². The molecule has 1 aliphatic heterocycles. The number of para-hydroxylation sites is 1. The van der Waals surface area contributed by atoms with Gasteiger partial charge in [-0.05, 0) is 43.7 Å². The maximum atomic E-state index is 13.0. The third-order valence-corrected chi connectivity index (χ3v) is 7.14. The Morgan fingerprint density at radius 2 is 1.68 bits per heavy atom. The molecule has 0 radical (unpaired) electrons. The molecule has 0 spiro atoms. The van der Waals surface area contributed by atoms with E-state index >= 15 is 0 Å². The zero-order valence-electron chi connectivity index (χ0n) is 15.5. The Balaban J connectivity index is 1.62. The van der Waals surface area contributed by atoms with Crippen molar-refractivity contribution >= 4 is 21.4 Å². The lowest BCUT2D eigenvalue weighted by Crippen LogP contribution is -2.45. The van der Waals surface area contributed by atoms with Crippen LogP contribution in [0.5, 0.6) is 0 Å². The minimum Gasteiger partial charge on any atom is -0.370 e. The maximum Gasteiger partial charge on any atom is 0.501 e. The number of halogens is 3. The fourth-order valence-corrected chi connectivity index (χ4v) is 5.08. The lowest BCUT2D eigenvalue weighted by molar-refractivity contribution is -0.122. The molecule has 1 saturated carbocycles. The largest absolute Gasteiger partial charge is 0.501 e. The van der Waals surface area contributed by atoms with Crippen LogP contribution in [0, 0.1) is 5.92 Å². The molecule has 1 aliphatic carbocycles. The van der Waals surface area contributed by atoms with E-state index < -0.39 is 20.2 Å². The molecule has 2 aliphatic rings. The molecular weight excluding hydrogens is 393 g/mol. The van der Waals surface area contributed by atoms with Crippen molar-refractivity contribution in [2.45, 2.75) is 61.4 Å². The number of anilines is 1. The van der Waals surface area contributed by atoms with Crippen LogP contribution < -0.4 is 10.2 Å². The van der Waals surface area contributed by atoms with Crippen molar-refractivity contribution in [3.05, 3.63) is 24.3 Å². The summed E-state index contributed by atoms with van der Waals surface area (Å²) < 4.78 is 62.7. The Labute approximate surface area is 163 Å². The van der Waals surface area contributed by atoms with E-state index in [1.54, 1.807) is 4.90 Å². The molecule has 9 heteroatoms. The van der Waals surface area contributed by atoms with Gasteiger partial charge in [0.2, 0.25) is 5.91 Å². The molecule has 0 atom stereocenters. The molecule has 0 bridgehead atoms. The van der Waals surface area contributed by atoms with E-state index in [0.29, 0.717) is 38.3 Å². The summed E-state index contributed by atoms with van der Waals surface area (Å²) in [6, 6.07) is 5.18. The van der Waals surface area contributed by atoms with Gasteiger partial charge in [-0.3, -0.25) is 4.79 Å². The van der Waals surface area contributed by atoms with Crippen LogP contribution in [0.15, 0.2) is 29.2 Å². The van der Waals surface area contributed by atoms with Gasteiger partial charge < -0.3 is 10.2 Å². The summed E-state index contributed by atoms with van der Waals surface area (Å²) in [6.45, 7) is 0.775. The van der Waals surface area contributed by atoms with Crippen molar-refractivity contribution < 1.29 is 26.4 Å². The first-order valence-electron chi connectivity index (χ1n) is 9.63. The molecule has 1 N–H and O–H groups in total. The average molecular weight is 418 g/mol. The lowest BCUT2D eigenvalue weighted by Gasteiger charge is -2.35. The average Bonchev–Trinajstić information content (AvgIpc) is 3.14. The van der Waals surface area contributed by atoms with Crippen molar-refractivity contribution in [3.8, 4) is 0 Å². The number of sulfone groups is 1. The number of amides is 1. The van der Waals surface area contributed by atoms with Gasteiger partial charge in [0, 0.05) is 25.6 Å². The van der Waals surface area contributed by atoms with Gasteiger partial charge in [0.15, 0.2) is 0 Å². The van der Waals surface area contributed by atoms with E-state index in [2.05, 4.69) is 5.32 Å². The first-order chi connectivity index (χ1) is 13.2. The topological polar surface area (TPSA) is 66.5 Å². The maximum absolute atomic E-state index is 13.0. The summed E-state index contributed by atoms with van der Waals surface area (Å²) in [4.78, 5) is 13.1. The number of alkyl halides is 3.